The average Bonchev–Trinajstić information content (AvgIpc) is 2.38. The van der Waals surface area contributed by atoms with E-state index in [2.05, 4.69) is 6.92 Å². The lowest BCUT2D eigenvalue weighted by molar-refractivity contribution is 0.148. The van der Waals surface area contributed by atoms with Gasteiger partial charge in [0.05, 0.1) is 0 Å². The van der Waals surface area contributed by atoms with E-state index in [0.29, 0.717) is 9.04 Å². The zero-order valence-corrected chi connectivity index (χ0v) is 13.9. The minimum atomic E-state index is -2.27. The van der Waals surface area contributed by atoms with Gasteiger partial charge >= 0.3 is 8.32 Å². The zero-order valence-electron chi connectivity index (χ0n) is 11.9. The van der Waals surface area contributed by atoms with E-state index in [1.165, 1.54) is 51.0 Å². The Morgan fingerprint density at radius 3 is 1.71 bits per heavy atom. The molecule has 0 amide bonds. The lowest BCUT2D eigenvalue weighted by Gasteiger charge is -2.24. The Kier molecular flexibility index (Phi) is 11.6. The summed E-state index contributed by atoms with van der Waals surface area (Å²) in [6.07, 6.45) is 9.46. The summed E-state index contributed by atoms with van der Waals surface area (Å²) >= 11 is 0. The van der Waals surface area contributed by atoms with Crippen LogP contribution in [0.4, 0.5) is 0 Å². The molecule has 0 bridgehead atoms. The maximum absolute atomic E-state index is 5.40. The standard InChI is InChI=1S/C12H28O3Si2/c1-5-6-7-8-9-10-11-12-16-17(13-2,14-3)15-4/h5-12H2,1-4H3. The summed E-state index contributed by atoms with van der Waals surface area (Å²) in [7, 11) is 3.48. The Bertz CT molecular complexity index is 156. The number of unbranched alkanes of at least 4 members (excludes halogenated alkanes) is 6. The molecule has 2 radical (unpaired) electrons. The van der Waals surface area contributed by atoms with E-state index in [0.717, 1.165) is 0 Å². The predicted octanol–water partition coefficient (Wildman–Crippen LogP) is 3.23. The summed E-state index contributed by atoms with van der Waals surface area (Å²) in [4.78, 5) is 0. The van der Waals surface area contributed by atoms with Crippen LogP contribution in [0.25, 0.3) is 0 Å². The topological polar surface area (TPSA) is 27.7 Å². The molecule has 0 aromatic carbocycles. The molecule has 0 spiro atoms. The molecule has 0 fully saturated rings. The summed E-state index contributed by atoms with van der Waals surface area (Å²) in [6.45, 7) is 2.26. The van der Waals surface area contributed by atoms with Crippen molar-refractivity contribution in [2.75, 3.05) is 21.3 Å². The van der Waals surface area contributed by atoms with Crippen LogP contribution in [0.15, 0.2) is 0 Å². The molecule has 102 valence electrons. The Hall–Kier alpha value is 0.314. The van der Waals surface area contributed by atoms with Crippen molar-refractivity contribution in [2.45, 2.75) is 57.9 Å². The first-order chi connectivity index (χ1) is 8.24. The molecule has 17 heavy (non-hydrogen) atoms. The van der Waals surface area contributed by atoms with Crippen molar-refractivity contribution in [1.82, 2.24) is 0 Å². The predicted molar refractivity (Wildman–Crippen MR) is 75.3 cm³/mol. The minimum absolute atomic E-state index is 0.678. The van der Waals surface area contributed by atoms with Gasteiger partial charge in [0.15, 0.2) is 0 Å². The van der Waals surface area contributed by atoms with Crippen LogP contribution in [-0.2, 0) is 13.3 Å². The largest absolute Gasteiger partial charge is 0.463 e. The van der Waals surface area contributed by atoms with Gasteiger partial charge in [-0.15, -0.1) is 0 Å². The summed E-state index contributed by atoms with van der Waals surface area (Å²) < 4.78 is 16.2. The number of hydrogen-bond acceptors (Lipinski definition) is 3. The van der Waals surface area contributed by atoms with Crippen molar-refractivity contribution >= 4 is 17.4 Å². The Morgan fingerprint density at radius 2 is 1.24 bits per heavy atom. The summed E-state index contributed by atoms with van der Waals surface area (Å²) in [5, 5.41) is 0. The smallest absolute Gasteiger partial charge is 0.380 e. The van der Waals surface area contributed by atoms with E-state index < -0.39 is 8.32 Å². The normalized spacial score (nSPS) is 12.0. The second-order valence-corrected chi connectivity index (χ2v) is 10.3. The van der Waals surface area contributed by atoms with Crippen LogP contribution in [0.1, 0.15) is 51.9 Å². The van der Waals surface area contributed by atoms with E-state index in [1.54, 1.807) is 21.3 Å². The van der Waals surface area contributed by atoms with Crippen LogP contribution in [-0.4, -0.2) is 38.7 Å². The molecule has 0 aromatic heterocycles. The fourth-order valence-corrected chi connectivity index (χ4v) is 6.20. The third kappa shape index (κ3) is 8.10. The lowest BCUT2D eigenvalue weighted by Crippen LogP contribution is -2.49. The van der Waals surface area contributed by atoms with Crippen LogP contribution in [0.5, 0.6) is 0 Å². The van der Waals surface area contributed by atoms with Crippen LogP contribution in [0.2, 0.25) is 6.04 Å². The molecule has 0 unspecified atom stereocenters. The van der Waals surface area contributed by atoms with Crippen LogP contribution >= 0.6 is 0 Å². The Morgan fingerprint density at radius 1 is 0.765 bits per heavy atom. The summed E-state index contributed by atoms with van der Waals surface area (Å²) in [5.74, 6) is 0. The fourth-order valence-electron chi connectivity index (χ4n) is 1.79. The Labute approximate surface area is 110 Å². The highest BCUT2D eigenvalue weighted by atomic mass is 29.2. The van der Waals surface area contributed by atoms with Crippen molar-refractivity contribution in [3.63, 3.8) is 0 Å². The monoisotopic (exact) mass is 276 g/mol. The highest BCUT2D eigenvalue weighted by Crippen LogP contribution is 2.11. The maximum atomic E-state index is 5.40. The van der Waals surface area contributed by atoms with Gasteiger partial charge in [-0.25, -0.2) is 0 Å². The van der Waals surface area contributed by atoms with Gasteiger partial charge in [0, 0.05) is 21.3 Å². The first-order valence-corrected chi connectivity index (χ1v) is 10.6. The van der Waals surface area contributed by atoms with E-state index >= 15 is 0 Å². The van der Waals surface area contributed by atoms with E-state index in [-0.39, 0.29) is 0 Å². The van der Waals surface area contributed by atoms with Gasteiger partial charge in [0.2, 0.25) is 0 Å². The van der Waals surface area contributed by atoms with Gasteiger partial charge in [-0.1, -0.05) is 57.9 Å². The van der Waals surface area contributed by atoms with Gasteiger partial charge in [0.25, 0.3) is 0 Å². The summed E-state index contributed by atoms with van der Waals surface area (Å²) in [6, 6.07) is 1.18. The molecule has 0 heterocycles. The molecule has 0 aliphatic rings. The molecule has 5 heteroatoms. The maximum Gasteiger partial charge on any atom is 0.463 e. The van der Waals surface area contributed by atoms with E-state index in [4.69, 9.17) is 13.3 Å². The van der Waals surface area contributed by atoms with Crippen molar-refractivity contribution in [3.8, 4) is 0 Å². The molecule has 0 atom stereocenters. The highest BCUT2D eigenvalue weighted by Gasteiger charge is 2.36. The Balaban J connectivity index is 3.43. The molecule has 0 aliphatic heterocycles. The molecular formula is C12H28O3Si2. The number of hydrogen-bond donors (Lipinski definition) is 0. The van der Waals surface area contributed by atoms with Crippen molar-refractivity contribution in [3.05, 3.63) is 0 Å². The second kappa shape index (κ2) is 11.4. The van der Waals surface area contributed by atoms with Crippen LogP contribution in [0, 0.1) is 0 Å². The SMILES string of the molecule is CCCCCCCCC[Si][Si](OC)(OC)OC. The average molecular weight is 277 g/mol. The van der Waals surface area contributed by atoms with E-state index in [9.17, 15) is 0 Å². The summed E-state index contributed by atoms with van der Waals surface area (Å²) in [5.41, 5.74) is 0. The third-order valence-corrected chi connectivity index (χ3v) is 9.46. The highest BCUT2D eigenvalue weighted by molar-refractivity contribution is 7.14. The molecule has 0 aliphatic carbocycles. The van der Waals surface area contributed by atoms with Crippen molar-refractivity contribution in [2.24, 2.45) is 0 Å². The second-order valence-electron chi connectivity index (χ2n) is 4.22. The first-order valence-electron chi connectivity index (χ1n) is 6.65. The zero-order chi connectivity index (χ0) is 13.0. The van der Waals surface area contributed by atoms with Gasteiger partial charge in [-0.05, 0) is 0 Å². The fraction of sp³-hybridized carbons (Fsp3) is 1.00. The molecule has 0 aromatic rings. The van der Waals surface area contributed by atoms with Crippen molar-refractivity contribution < 1.29 is 13.3 Å². The minimum Gasteiger partial charge on any atom is -0.380 e. The lowest BCUT2D eigenvalue weighted by atomic mass is 10.1. The quantitative estimate of drug-likeness (QED) is 0.404. The molecule has 0 rings (SSSR count). The molecule has 0 saturated heterocycles. The van der Waals surface area contributed by atoms with Gasteiger partial charge in [-0.2, -0.15) is 0 Å². The molecular weight excluding hydrogens is 248 g/mol. The van der Waals surface area contributed by atoms with Crippen LogP contribution < -0.4 is 0 Å². The van der Waals surface area contributed by atoms with Crippen molar-refractivity contribution in [1.29, 1.82) is 0 Å². The van der Waals surface area contributed by atoms with Gasteiger partial charge in [-0.3, -0.25) is 0 Å². The van der Waals surface area contributed by atoms with Gasteiger partial charge in [0.1, 0.15) is 9.04 Å². The molecule has 0 N–H and O–H groups in total. The molecule has 3 nitrogen and oxygen atoms in total. The van der Waals surface area contributed by atoms with Gasteiger partial charge < -0.3 is 13.3 Å². The molecule has 0 saturated carbocycles. The van der Waals surface area contributed by atoms with E-state index in [1.807, 2.05) is 0 Å². The van der Waals surface area contributed by atoms with Crippen LogP contribution in [0.3, 0.4) is 0 Å². The third-order valence-electron chi connectivity index (χ3n) is 2.93. The number of rotatable bonds is 12. The first kappa shape index (κ1) is 17.3.